The van der Waals surface area contributed by atoms with Crippen LogP contribution in [-0.4, -0.2) is 12.8 Å². The van der Waals surface area contributed by atoms with Gasteiger partial charge in [-0.25, -0.2) is 4.79 Å². The maximum Gasteiger partial charge on any atom is 0.513 e. The normalized spacial score (nSPS) is 10.8. The Bertz CT molecular complexity index is 842. The van der Waals surface area contributed by atoms with Crippen LogP contribution in [0.1, 0.15) is 13.3 Å². The van der Waals surface area contributed by atoms with Gasteiger partial charge in [0.05, 0.1) is 11.6 Å². The van der Waals surface area contributed by atoms with Gasteiger partial charge in [0.1, 0.15) is 0 Å². The average molecular weight is 315 g/mol. The Hall–Kier alpha value is -2.26. The molecule has 112 valence electrons. The van der Waals surface area contributed by atoms with Crippen LogP contribution >= 0.6 is 11.6 Å². The lowest BCUT2D eigenvalue weighted by molar-refractivity contribution is 0.100. The maximum atomic E-state index is 11.9. The van der Waals surface area contributed by atoms with Crippen molar-refractivity contribution in [1.29, 1.82) is 0 Å². The topological polar surface area (TPSA) is 35.5 Å². The number of halogens is 1. The van der Waals surface area contributed by atoms with Crippen LogP contribution in [0.2, 0.25) is 5.02 Å². The minimum atomic E-state index is -0.709. The van der Waals surface area contributed by atoms with Crippen LogP contribution in [-0.2, 0) is 4.74 Å². The molecule has 0 atom stereocenters. The second-order valence-corrected chi connectivity index (χ2v) is 5.37. The Morgan fingerprint density at radius 1 is 1.09 bits per heavy atom. The predicted molar refractivity (Wildman–Crippen MR) is 88.7 cm³/mol. The summed E-state index contributed by atoms with van der Waals surface area (Å²) in [7, 11) is 0. The van der Waals surface area contributed by atoms with Crippen molar-refractivity contribution < 1.29 is 14.3 Å². The van der Waals surface area contributed by atoms with E-state index in [1.54, 1.807) is 6.07 Å². The van der Waals surface area contributed by atoms with Gasteiger partial charge in [-0.1, -0.05) is 54.9 Å². The number of rotatable bonds is 3. The number of benzene rings is 3. The Morgan fingerprint density at radius 3 is 2.68 bits per heavy atom. The van der Waals surface area contributed by atoms with Crippen molar-refractivity contribution in [1.82, 2.24) is 0 Å². The monoisotopic (exact) mass is 314 g/mol. The molecule has 0 saturated carbocycles. The molecule has 0 unspecified atom stereocenters. The number of hydrogen-bond donors (Lipinski definition) is 0. The first kappa shape index (κ1) is 14.7. The van der Waals surface area contributed by atoms with Crippen molar-refractivity contribution in [3.05, 3.63) is 53.6 Å². The Balaban J connectivity index is 2.20. The van der Waals surface area contributed by atoms with E-state index in [2.05, 4.69) is 0 Å². The first-order valence-corrected chi connectivity index (χ1v) is 7.53. The fourth-order valence-electron chi connectivity index (χ4n) is 2.44. The van der Waals surface area contributed by atoms with Gasteiger partial charge < -0.3 is 9.47 Å². The van der Waals surface area contributed by atoms with E-state index < -0.39 is 6.16 Å². The molecule has 0 aromatic heterocycles. The molecule has 0 spiro atoms. The summed E-state index contributed by atoms with van der Waals surface area (Å²) in [5.41, 5.74) is 0. The highest BCUT2D eigenvalue weighted by Gasteiger charge is 2.15. The van der Waals surface area contributed by atoms with Crippen molar-refractivity contribution in [2.45, 2.75) is 13.3 Å². The van der Waals surface area contributed by atoms with Gasteiger partial charge in [0.2, 0.25) is 0 Å². The molecule has 3 aromatic rings. The highest BCUT2D eigenvalue weighted by Crippen LogP contribution is 2.38. The van der Waals surface area contributed by atoms with E-state index in [1.807, 2.05) is 49.4 Å². The van der Waals surface area contributed by atoms with Crippen molar-refractivity contribution >= 4 is 39.3 Å². The molecule has 0 fully saturated rings. The zero-order valence-corrected chi connectivity index (χ0v) is 12.9. The highest BCUT2D eigenvalue weighted by molar-refractivity contribution is 6.37. The van der Waals surface area contributed by atoms with E-state index >= 15 is 0 Å². The molecule has 0 heterocycles. The number of carbonyl (C=O) groups excluding carboxylic acids is 1. The molecule has 0 aliphatic heterocycles. The zero-order valence-electron chi connectivity index (χ0n) is 12.1. The fraction of sp³-hybridized carbons (Fsp3) is 0.167. The van der Waals surface area contributed by atoms with E-state index in [-0.39, 0.29) is 0 Å². The van der Waals surface area contributed by atoms with Crippen LogP contribution in [0.5, 0.6) is 5.75 Å². The first-order chi connectivity index (χ1) is 10.7. The largest absolute Gasteiger partial charge is 0.513 e. The third kappa shape index (κ3) is 2.72. The molecule has 0 radical (unpaired) electrons. The zero-order chi connectivity index (χ0) is 15.5. The lowest BCUT2D eigenvalue weighted by Gasteiger charge is -2.12. The molecule has 3 rings (SSSR count). The van der Waals surface area contributed by atoms with E-state index in [0.29, 0.717) is 17.4 Å². The smallest absolute Gasteiger partial charge is 0.434 e. The van der Waals surface area contributed by atoms with Crippen LogP contribution in [0.4, 0.5) is 4.79 Å². The number of hydrogen-bond acceptors (Lipinski definition) is 3. The van der Waals surface area contributed by atoms with Crippen LogP contribution in [0.3, 0.4) is 0 Å². The maximum absolute atomic E-state index is 11.9. The molecule has 0 saturated heterocycles. The molecule has 0 amide bonds. The lowest BCUT2D eigenvalue weighted by atomic mass is 10.0. The molecule has 0 bridgehead atoms. The standard InChI is InChI=1S/C18H15ClO3/c1-2-10-21-18(20)22-17-14-8-4-3-6-12(14)11-13-7-5-9-15(19)16(13)17/h3-9,11H,2,10H2,1H3. The summed E-state index contributed by atoms with van der Waals surface area (Å²) in [5.74, 6) is 0.444. The van der Waals surface area contributed by atoms with Crippen LogP contribution in [0, 0.1) is 0 Å². The molecule has 0 aliphatic rings. The number of carbonyl (C=O) groups is 1. The summed E-state index contributed by atoms with van der Waals surface area (Å²) in [6, 6.07) is 15.3. The summed E-state index contributed by atoms with van der Waals surface area (Å²) in [6.07, 6.45) is 0.0333. The molecule has 3 nitrogen and oxygen atoms in total. The second kappa shape index (κ2) is 6.24. The van der Waals surface area contributed by atoms with Crippen LogP contribution in [0.15, 0.2) is 48.5 Å². The minimum absolute atomic E-state index is 0.329. The molecular weight excluding hydrogens is 300 g/mol. The molecule has 4 heteroatoms. The Morgan fingerprint density at radius 2 is 1.86 bits per heavy atom. The average Bonchev–Trinajstić information content (AvgIpc) is 2.52. The lowest BCUT2D eigenvalue weighted by Crippen LogP contribution is -2.11. The van der Waals surface area contributed by atoms with Gasteiger partial charge in [-0.2, -0.15) is 0 Å². The van der Waals surface area contributed by atoms with Crippen molar-refractivity contribution in [3.63, 3.8) is 0 Å². The molecule has 3 aromatic carbocycles. The van der Waals surface area contributed by atoms with Gasteiger partial charge in [-0.3, -0.25) is 0 Å². The highest BCUT2D eigenvalue weighted by atomic mass is 35.5. The van der Waals surface area contributed by atoms with Gasteiger partial charge >= 0.3 is 6.16 Å². The summed E-state index contributed by atoms with van der Waals surface area (Å²) >= 11 is 6.32. The molecule has 0 N–H and O–H groups in total. The first-order valence-electron chi connectivity index (χ1n) is 7.15. The van der Waals surface area contributed by atoms with Crippen LogP contribution < -0.4 is 4.74 Å². The predicted octanol–water partition coefficient (Wildman–Crippen LogP) is 5.57. The number of fused-ring (bicyclic) bond motifs is 2. The summed E-state index contributed by atoms with van der Waals surface area (Å²) in [5, 5.41) is 3.99. The van der Waals surface area contributed by atoms with E-state index in [1.165, 1.54) is 0 Å². The fourth-order valence-corrected chi connectivity index (χ4v) is 2.70. The summed E-state index contributed by atoms with van der Waals surface area (Å²) in [4.78, 5) is 11.9. The van der Waals surface area contributed by atoms with Gasteiger partial charge in [0.15, 0.2) is 5.75 Å². The van der Waals surface area contributed by atoms with Gasteiger partial charge in [0.25, 0.3) is 0 Å². The Kier molecular flexibility index (Phi) is 4.16. The third-order valence-corrected chi connectivity index (χ3v) is 3.71. The minimum Gasteiger partial charge on any atom is -0.434 e. The van der Waals surface area contributed by atoms with Crippen molar-refractivity contribution in [2.75, 3.05) is 6.61 Å². The van der Waals surface area contributed by atoms with E-state index in [9.17, 15) is 4.79 Å². The van der Waals surface area contributed by atoms with E-state index in [0.717, 1.165) is 28.0 Å². The van der Waals surface area contributed by atoms with Gasteiger partial charge in [-0.15, -0.1) is 0 Å². The van der Waals surface area contributed by atoms with E-state index in [4.69, 9.17) is 21.1 Å². The van der Waals surface area contributed by atoms with Gasteiger partial charge in [0, 0.05) is 10.8 Å². The Labute approximate surface area is 133 Å². The second-order valence-electron chi connectivity index (χ2n) is 4.97. The third-order valence-electron chi connectivity index (χ3n) is 3.40. The summed E-state index contributed by atoms with van der Waals surface area (Å²) in [6.45, 7) is 2.26. The van der Waals surface area contributed by atoms with Crippen LogP contribution in [0.25, 0.3) is 21.5 Å². The molecule has 0 aliphatic carbocycles. The van der Waals surface area contributed by atoms with Crippen molar-refractivity contribution in [2.24, 2.45) is 0 Å². The quantitative estimate of drug-likeness (QED) is 0.360. The SMILES string of the molecule is CCCOC(=O)Oc1c2ccccc2cc2cccc(Cl)c12. The molecule has 22 heavy (non-hydrogen) atoms. The van der Waals surface area contributed by atoms with Gasteiger partial charge in [-0.05, 0) is 29.3 Å². The number of ether oxygens (including phenoxy) is 2. The van der Waals surface area contributed by atoms with Crippen molar-refractivity contribution in [3.8, 4) is 5.75 Å². The summed E-state index contributed by atoms with van der Waals surface area (Å²) < 4.78 is 10.5. The molecular formula is C18H15ClO3.